The molecule has 0 unspecified atom stereocenters. The van der Waals surface area contributed by atoms with Crippen molar-refractivity contribution in [1.82, 2.24) is 4.98 Å². The zero-order valence-corrected chi connectivity index (χ0v) is 13.5. The third kappa shape index (κ3) is 2.56. The van der Waals surface area contributed by atoms with E-state index in [-0.39, 0.29) is 11.8 Å². The predicted octanol–water partition coefficient (Wildman–Crippen LogP) is 4.49. The van der Waals surface area contributed by atoms with Gasteiger partial charge in [0.1, 0.15) is 0 Å². The molecule has 4 rings (SSSR count). The smallest absolute Gasteiger partial charge is 0.229 e. The van der Waals surface area contributed by atoms with Crippen molar-refractivity contribution in [3.8, 4) is 11.3 Å². The van der Waals surface area contributed by atoms with E-state index < -0.39 is 0 Å². The van der Waals surface area contributed by atoms with Crippen LogP contribution in [-0.4, -0.2) is 10.9 Å². The molecule has 2 aliphatic rings. The summed E-state index contributed by atoms with van der Waals surface area (Å²) in [5.74, 6) is 1.80. The van der Waals surface area contributed by atoms with Crippen molar-refractivity contribution in [3.63, 3.8) is 0 Å². The Morgan fingerprint density at radius 3 is 2.73 bits per heavy atom. The SMILES string of the molecule is Cc1ccc(-c2csc(NC(=O)[C@@H]3C[C@@H]4CC[C@H]3C4)n2)cc1. The van der Waals surface area contributed by atoms with Crippen LogP contribution in [0.4, 0.5) is 5.13 Å². The fraction of sp³-hybridized carbons (Fsp3) is 0.444. The number of aryl methyl sites for hydroxylation is 1. The van der Waals surface area contributed by atoms with Crippen LogP contribution in [0.3, 0.4) is 0 Å². The third-order valence-electron chi connectivity index (χ3n) is 5.16. The molecule has 1 aromatic carbocycles. The first-order valence-corrected chi connectivity index (χ1v) is 8.90. The second-order valence-corrected chi connectivity index (χ2v) is 7.53. The lowest BCUT2D eigenvalue weighted by molar-refractivity contribution is -0.121. The molecular formula is C18H20N2OS. The number of hydrogen-bond acceptors (Lipinski definition) is 3. The van der Waals surface area contributed by atoms with E-state index in [2.05, 4.69) is 41.5 Å². The fourth-order valence-electron chi connectivity index (χ4n) is 3.95. The van der Waals surface area contributed by atoms with Crippen LogP contribution in [-0.2, 0) is 4.79 Å². The summed E-state index contributed by atoms with van der Waals surface area (Å²) in [6.45, 7) is 2.08. The normalized spacial score (nSPS) is 26.3. The van der Waals surface area contributed by atoms with Crippen LogP contribution in [0.15, 0.2) is 29.6 Å². The van der Waals surface area contributed by atoms with Gasteiger partial charge in [-0.05, 0) is 38.0 Å². The van der Waals surface area contributed by atoms with Crippen LogP contribution in [0.1, 0.15) is 31.2 Å². The van der Waals surface area contributed by atoms with Crippen molar-refractivity contribution in [3.05, 3.63) is 35.2 Å². The van der Waals surface area contributed by atoms with Gasteiger partial charge >= 0.3 is 0 Å². The maximum Gasteiger partial charge on any atom is 0.229 e. The van der Waals surface area contributed by atoms with Crippen molar-refractivity contribution >= 4 is 22.4 Å². The average molecular weight is 312 g/mol. The van der Waals surface area contributed by atoms with Crippen LogP contribution in [0.5, 0.6) is 0 Å². The van der Waals surface area contributed by atoms with Crippen LogP contribution in [0.25, 0.3) is 11.3 Å². The number of rotatable bonds is 3. The van der Waals surface area contributed by atoms with Gasteiger partial charge in [0.05, 0.1) is 5.69 Å². The van der Waals surface area contributed by atoms with Gasteiger partial charge in [0.15, 0.2) is 5.13 Å². The highest BCUT2D eigenvalue weighted by atomic mass is 32.1. The molecule has 114 valence electrons. The molecular weight excluding hydrogens is 292 g/mol. The van der Waals surface area contributed by atoms with Crippen LogP contribution >= 0.6 is 11.3 Å². The molecule has 3 atom stereocenters. The molecule has 2 aromatic rings. The average Bonchev–Trinajstić information content (AvgIpc) is 3.24. The first-order valence-electron chi connectivity index (χ1n) is 8.02. The highest BCUT2D eigenvalue weighted by molar-refractivity contribution is 7.14. The lowest BCUT2D eigenvalue weighted by atomic mass is 9.88. The monoisotopic (exact) mass is 312 g/mol. The molecule has 1 aromatic heterocycles. The molecule has 1 amide bonds. The summed E-state index contributed by atoms with van der Waals surface area (Å²) in [7, 11) is 0. The Kier molecular flexibility index (Phi) is 3.49. The molecule has 0 aliphatic heterocycles. The summed E-state index contributed by atoms with van der Waals surface area (Å²) in [6.07, 6.45) is 4.88. The molecule has 0 spiro atoms. The lowest BCUT2D eigenvalue weighted by Crippen LogP contribution is -2.27. The van der Waals surface area contributed by atoms with Crippen LogP contribution in [0, 0.1) is 24.7 Å². The number of benzene rings is 1. The minimum atomic E-state index is 0.178. The van der Waals surface area contributed by atoms with Crippen molar-refractivity contribution in [2.75, 3.05) is 5.32 Å². The molecule has 2 fully saturated rings. The predicted molar refractivity (Wildman–Crippen MR) is 89.9 cm³/mol. The topological polar surface area (TPSA) is 42.0 Å². The summed E-state index contributed by atoms with van der Waals surface area (Å²) < 4.78 is 0. The van der Waals surface area contributed by atoms with Gasteiger partial charge < -0.3 is 5.32 Å². The lowest BCUT2D eigenvalue weighted by Gasteiger charge is -2.19. The zero-order chi connectivity index (χ0) is 15.1. The maximum absolute atomic E-state index is 12.5. The quantitative estimate of drug-likeness (QED) is 0.907. The van der Waals surface area contributed by atoms with Crippen LogP contribution in [0.2, 0.25) is 0 Å². The Labute approximate surface area is 134 Å². The molecule has 1 N–H and O–H groups in total. The highest BCUT2D eigenvalue weighted by Crippen LogP contribution is 2.48. The molecule has 22 heavy (non-hydrogen) atoms. The Morgan fingerprint density at radius 2 is 2.05 bits per heavy atom. The first kappa shape index (κ1) is 13.9. The highest BCUT2D eigenvalue weighted by Gasteiger charge is 2.43. The van der Waals surface area contributed by atoms with E-state index in [1.54, 1.807) is 0 Å². The summed E-state index contributed by atoms with van der Waals surface area (Å²) in [4.78, 5) is 17.0. The Morgan fingerprint density at radius 1 is 1.23 bits per heavy atom. The van der Waals surface area contributed by atoms with E-state index in [0.29, 0.717) is 5.92 Å². The van der Waals surface area contributed by atoms with Crippen molar-refractivity contribution in [2.24, 2.45) is 17.8 Å². The largest absolute Gasteiger partial charge is 0.302 e. The number of fused-ring (bicyclic) bond motifs is 2. The summed E-state index contributed by atoms with van der Waals surface area (Å²) >= 11 is 1.51. The summed E-state index contributed by atoms with van der Waals surface area (Å²) in [5, 5.41) is 5.78. The number of amides is 1. The first-order chi connectivity index (χ1) is 10.7. The van der Waals surface area contributed by atoms with E-state index in [0.717, 1.165) is 28.7 Å². The maximum atomic E-state index is 12.5. The van der Waals surface area contributed by atoms with E-state index in [4.69, 9.17) is 0 Å². The molecule has 1 heterocycles. The second kappa shape index (κ2) is 5.51. The van der Waals surface area contributed by atoms with E-state index >= 15 is 0 Å². The van der Waals surface area contributed by atoms with Crippen molar-refractivity contribution < 1.29 is 4.79 Å². The standard InChI is InChI=1S/C18H20N2OS/c1-11-2-5-13(6-3-11)16-10-22-18(19-16)20-17(21)15-9-12-4-7-14(15)8-12/h2-3,5-6,10,12,14-15H,4,7-9H2,1H3,(H,19,20,21)/t12-,14+,15-/m1/s1. The summed E-state index contributed by atoms with van der Waals surface area (Å²) in [6, 6.07) is 8.32. The van der Waals surface area contributed by atoms with Crippen molar-refractivity contribution in [1.29, 1.82) is 0 Å². The van der Waals surface area contributed by atoms with Gasteiger partial charge in [-0.15, -0.1) is 11.3 Å². The fourth-order valence-corrected chi connectivity index (χ4v) is 4.67. The van der Waals surface area contributed by atoms with Gasteiger partial charge in [0, 0.05) is 16.9 Å². The number of aromatic nitrogens is 1. The number of thiazole rings is 1. The summed E-state index contributed by atoms with van der Waals surface area (Å²) in [5.41, 5.74) is 3.28. The van der Waals surface area contributed by atoms with Crippen LogP contribution < -0.4 is 5.32 Å². The molecule has 2 bridgehead atoms. The zero-order valence-electron chi connectivity index (χ0n) is 12.7. The van der Waals surface area contributed by atoms with Gasteiger partial charge in [0.2, 0.25) is 5.91 Å². The molecule has 2 saturated carbocycles. The van der Waals surface area contributed by atoms with E-state index in [1.165, 1.54) is 36.2 Å². The van der Waals surface area contributed by atoms with Crippen molar-refractivity contribution in [2.45, 2.75) is 32.6 Å². The number of anilines is 1. The van der Waals surface area contributed by atoms with Gasteiger partial charge in [-0.3, -0.25) is 4.79 Å². The van der Waals surface area contributed by atoms with Gasteiger partial charge in [-0.1, -0.05) is 36.2 Å². The Balaban J connectivity index is 1.45. The number of hydrogen-bond donors (Lipinski definition) is 1. The molecule has 0 radical (unpaired) electrons. The molecule has 0 saturated heterocycles. The van der Waals surface area contributed by atoms with Gasteiger partial charge in [0.25, 0.3) is 0 Å². The minimum absolute atomic E-state index is 0.178. The second-order valence-electron chi connectivity index (χ2n) is 6.67. The third-order valence-corrected chi connectivity index (χ3v) is 5.91. The molecule has 4 heteroatoms. The van der Waals surface area contributed by atoms with E-state index in [9.17, 15) is 4.79 Å². The van der Waals surface area contributed by atoms with Gasteiger partial charge in [-0.25, -0.2) is 4.98 Å². The van der Waals surface area contributed by atoms with Gasteiger partial charge in [-0.2, -0.15) is 0 Å². The number of nitrogens with zero attached hydrogens (tertiary/aromatic N) is 1. The number of nitrogens with one attached hydrogen (secondary N) is 1. The van der Waals surface area contributed by atoms with E-state index in [1.807, 2.05) is 5.38 Å². The number of carbonyl (C=O) groups is 1. The Bertz CT molecular complexity index is 691. The number of carbonyl (C=O) groups excluding carboxylic acids is 1. The Hall–Kier alpha value is -1.68. The molecule has 2 aliphatic carbocycles. The minimum Gasteiger partial charge on any atom is -0.302 e. The molecule has 3 nitrogen and oxygen atoms in total.